The van der Waals surface area contributed by atoms with E-state index >= 15 is 0 Å². The van der Waals surface area contributed by atoms with Gasteiger partial charge in [-0.1, -0.05) is 42.5 Å². The van der Waals surface area contributed by atoms with Crippen molar-refractivity contribution in [2.45, 2.75) is 0 Å². The third-order valence-electron chi connectivity index (χ3n) is 2.67. The van der Waals surface area contributed by atoms with Crippen LogP contribution in [0, 0.1) is 11.3 Å². The zero-order valence-electron chi connectivity index (χ0n) is 10.1. The van der Waals surface area contributed by atoms with Crippen molar-refractivity contribution in [3.05, 3.63) is 65.9 Å². The van der Waals surface area contributed by atoms with Crippen molar-refractivity contribution in [3.63, 3.8) is 0 Å². The van der Waals surface area contributed by atoms with Gasteiger partial charge in [-0.2, -0.15) is 5.26 Å². The number of rotatable bonds is 3. The topological polar surface area (TPSA) is 33.0 Å². The summed E-state index contributed by atoms with van der Waals surface area (Å²) in [6.07, 6.45) is 3.53. The maximum atomic E-state index is 9.07. The molecule has 2 heteroatoms. The van der Waals surface area contributed by atoms with Crippen LogP contribution in [0.1, 0.15) is 11.1 Å². The maximum Gasteiger partial charge on any atom is 0.0998 e. The number of nitriles is 1. The van der Waals surface area contributed by atoms with E-state index in [1.807, 2.05) is 54.6 Å². The van der Waals surface area contributed by atoms with Gasteiger partial charge in [-0.15, -0.1) is 0 Å². The third kappa shape index (κ3) is 2.58. The predicted octanol–water partition coefficient (Wildman–Crippen LogP) is 3.84. The Bertz CT molecular complexity index is 591. The summed E-state index contributed by atoms with van der Waals surface area (Å²) in [6, 6.07) is 17.8. The molecule has 0 spiro atoms. The second-order valence-corrected chi connectivity index (χ2v) is 3.82. The van der Waals surface area contributed by atoms with Gasteiger partial charge in [0.1, 0.15) is 0 Å². The standard InChI is InChI=1S/C16H13NO/c1-18-11-10-13-6-8-14(9-7-13)16-5-3-2-4-15(16)12-17/h2-11H,1H3. The van der Waals surface area contributed by atoms with Gasteiger partial charge in [-0.3, -0.25) is 0 Å². The number of hydrogen-bond donors (Lipinski definition) is 0. The highest BCUT2D eigenvalue weighted by molar-refractivity contribution is 5.71. The van der Waals surface area contributed by atoms with Gasteiger partial charge in [0.2, 0.25) is 0 Å². The molecule has 2 nitrogen and oxygen atoms in total. The minimum Gasteiger partial charge on any atom is -0.504 e. The van der Waals surface area contributed by atoms with Gasteiger partial charge in [0.15, 0.2) is 0 Å². The summed E-state index contributed by atoms with van der Waals surface area (Å²) >= 11 is 0. The lowest BCUT2D eigenvalue weighted by Crippen LogP contribution is -1.83. The zero-order valence-corrected chi connectivity index (χ0v) is 10.1. The van der Waals surface area contributed by atoms with Crippen LogP contribution in [0.25, 0.3) is 17.2 Å². The van der Waals surface area contributed by atoms with Crippen molar-refractivity contribution in [2.24, 2.45) is 0 Å². The van der Waals surface area contributed by atoms with E-state index in [4.69, 9.17) is 10.00 Å². The van der Waals surface area contributed by atoms with Crippen LogP contribution < -0.4 is 0 Å². The van der Waals surface area contributed by atoms with E-state index in [2.05, 4.69) is 6.07 Å². The summed E-state index contributed by atoms with van der Waals surface area (Å²) in [4.78, 5) is 0. The third-order valence-corrected chi connectivity index (χ3v) is 2.67. The van der Waals surface area contributed by atoms with Crippen LogP contribution in [-0.2, 0) is 4.74 Å². The van der Waals surface area contributed by atoms with Gasteiger partial charge in [0.05, 0.1) is 25.0 Å². The lowest BCUT2D eigenvalue weighted by atomic mass is 9.99. The smallest absolute Gasteiger partial charge is 0.0998 e. The minimum atomic E-state index is 0.692. The molecule has 0 saturated carbocycles. The summed E-state index contributed by atoms with van der Waals surface area (Å²) in [6.45, 7) is 0. The first kappa shape index (κ1) is 11.9. The van der Waals surface area contributed by atoms with E-state index in [1.165, 1.54) is 0 Å². The van der Waals surface area contributed by atoms with Crippen molar-refractivity contribution in [3.8, 4) is 17.2 Å². The van der Waals surface area contributed by atoms with Gasteiger partial charge in [0, 0.05) is 0 Å². The van der Waals surface area contributed by atoms with Gasteiger partial charge < -0.3 is 4.74 Å². The van der Waals surface area contributed by atoms with Gasteiger partial charge in [0.25, 0.3) is 0 Å². The van der Waals surface area contributed by atoms with E-state index < -0.39 is 0 Å². The van der Waals surface area contributed by atoms with Gasteiger partial charge >= 0.3 is 0 Å². The Morgan fingerprint density at radius 1 is 1.06 bits per heavy atom. The monoisotopic (exact) mass is 235 g/mol. The summed E-state index contributed by atoms with van der Waals surface area (Å²) in [5, 5.41) is 9.07. The van der Waals surface area contributed by atoms with Crippen molar-refractivity contribution >= 4 is 6.08 Å². The van der Waals surface area contributed by atoms with Crippen LogP contribution in [0.15, 0.2) is 54.8 Å². The molecule has 0 amide bonds. The summed E-state index contributed by atoms with van der Waals surface area (Å²) in [5.74, 6) is 0. The molecule has 2 aromatic carbocycles. The summed E-state index contributed by atoms with van der Waals surface area (Å²) in [5.41, 5.74) is 3.76. The van der Waals surface area contributed by atoms with Crippen LogP contribution in [0.2, 0.25) is 0 Å². The van der Waals surface area contributed by atoms with Crippen LogP contribution in [-0.4, -0.2) is 7.11 Å². The van der Waals surface area contributed by atoms with Crippen LogP contribution in [0.5, 0.6) is 0 Å². The minimum absolute atomic E-state index is 0.692. The SMILES string of the molecule is COC=Cc1ccc(-c2ccccc2C#N)cc1. The molecule has 18 heavy (non-hydrogen) atoms. The quantitative estimate of drug-likeness (QED) is 0.757. The van der Waals surface area contributed by atoms with E-state index in [1.54, 1.807) is 13.4 Å². The number of hydrogen-bond acceptors (Lipinski definition) is 2. The fraction of sp³-hybridized carbons (Fsp3) is 0.0625. The molecular formula is C16H13NO. The fourth-order valence-electron chi connectivity index (χ4n) is 1.75. The molecular weight excluding hydrogens is 222 g/mol. The predicted molar refractivity (Wildman–Crippen MR) is 72.6 cm³/mol. The molecule has 88 valence electrons. The summed E-state index contributed by atoms with van der Waals surface area (Å²) in [7, 11) is 1.62. The lowest BCUT2D eigenvalue weighted by molar-refractivity contribution is 0.341. The highest BCUT2D eigenvalue weighted by Crippen LogP contribution is 2.23. The lowest BCUT2D eigenvalue weighted by Gasteiger charge is -2.04. The Balaban J connectivity index is 2.35. The normalized spacial score (nSPS) is 10.2. The molecule has 0 unspecified atom stereocenters. The molecule has 2 aromatic rings. The second kappa shape index (κ2) is 5.70. The zero-order chi connectivity index (χ0) is 12.8. The molecule has 0 aliphatic rings. The highest BCUT2D eigenvalue weighted by atomic mass is 16.5. The molecule has 2 rings (SSSR count). The van der Waals surface area contributed by atoms with Crippen molar-refractivity contribution in [2.75, 3.05) is 7.11 Å². The summed E-state index contributed by atoms with van der Waals surface area (Å²) < 4.78 is 4.87. The average molecular weight is 235 g/mol. The van der Waals surface area contributed by atoms with Gasteiger partial charge in [-0.05, 0) is 28.8 Å². The van der Waals surface area contributed by atoms with E-state index in [0.717, 1.165) is 16.7 Å². The number of ether oxygens (including phenoxy) is 1. The number of nitrogens with zero attached hydrogens (tertiary/aromatic N) is 1. The van der Waals surface area contributed by atoms with E-state index in [0.29, 0.717) is 5.56 Å². The first-order chi connectivity index (χ1) is 8.85. The second-order valence-electron chi connectivity index (χ2n) is 3.82. The first-order valence-corrected chi connectivity index (χ1v) is 5.64. The Kier molecular flexibility index (Phi) is 3.78. The molecule has 0 bridgehead atoms. The first-order valence-electron chi connectivity index (χ1n) is 5.64. The van der Waals surface area contributed by atoms with Crippen LogP contribution >= 0.6 is 0 Å². The maximum absolute atomic E-state index is 9.07. The van der Waals surface area contributed by atoms with Crippen LogP contribution in [0.3, 0.4) is 0 Å². The van der Waals surface area contributed by atoms with E-state index in [9.17, 15) is 0 Å². The average Bonchev–Trinajstić information content (AvgIpc) is 2.45. The van der Waals surface area contributed by atoms with Crippen molar-refractivity contribution in [1.29, 1.82) is 5.26 Å². The molecule has 0 saturated heterocycles. The number of benzene rings is 2. The molecule has 0 N–H and O–H groups in total. The number of methoxy groups -OCH3 is 1. The van der Waals surface area contributed by atoms with Crippen molar-refractivity contribution in [1.82, 2.24) is 0 Å². The van der Waals surface area contributed by atoms with Crippen LogP contribution in [0.4, 0.5) is 0 Å². The molecule has 0 radical (unpaired) electrons. The molecule has 0 heterocycles. The Morgan fingerprint density at radius 2 is 1.78 bits per heavy atom. The van der Waals surface area contributed by atoms with E-state index in [-0.39, 0.29) is 0 Å². The highest BCUT2D eigenvalue weighted by Gasteiger charge is 2.02. The fourth-order valence-corrected chi connectivity index (χ4v) is 1.75. The molecule has 0 aromatic heterocycles. The molecule has 0 aliphatic heterocycles. The molecule has 0 aliphatic carbocycles. The largest absolute Gasteiger partial charge is 0.504 e. The Morgan fingerprint density at radius 3 is 2.44 bits per heavy atom. The molecule has 0 atom stereocenters. The van der Waals surface area contributed by atoms with Crippen molar-refractivity contribution < 1.29 is 4.74 Å². The Hall–Kier alpha value is -2.53. The van der Waals surface area contributed by atoms with Gasteiger partial charge in [-0.25, -0.2) is 0 Å². The molecule has 0 fully saturated rings. The Labute approximate surface area is 107 Å².